The van der Waals surface area contributed by atoms with E-state index in [9.17, 15) is 8.42 Å². The molecule has 112 valence electrons. The molecule has 0 amide bonds. The minimum atomic E-state index is -3.62. The Morgan fingerprint density at radius 1 is 1.14 bits per heavy atom. The molecule has 3 nitrogen and oxygen atoms in total. The van der Waals surface area contributed by atoms with Gasteiger partial charge in [0, 0.05) is 3.57 Å². The Hall–Kier alpha value is -0.790. The number of anilines is 1. The Balaban J connectivity index is 2.25. The third-order valence-corrected chi connectivity index (χ3v) is 5.31. The minimum Gasteiger partial charge on any atom is -0.278 e. The van der Waals surface area contributed by atoms with Gasteiger partial charge in [0.05, 0.1) is 15.6 Å². The van der Waals surface area contributed by atoms with Gasteiger partial charge in [0.25, 0.3) is 10.0 Å². The number of rotatable bonds is 5. The SMILES string of the molecule is CCCc1ccc(S(=O)(=O)Nc2ccc(I)cc2Cl)cc1. The average Bonchev–Trinajstić information content (AvgIpc) is 2.43. The predicted molar refractivity (Wildman–Crippen MR) is 95.4 cm³/mol. The molecule has 6 heteroatoms. The first-order valence-electron chi connectivity index (χ1n) is 6.49. The molecular weight excluding hydrogens is 421 g/mol. The first-order chi connectivity index (χ1) is 9.92. The first-order valence-corrected chi connectivity index (χ1v) is 9.43. The third-order valence-electron chi connectivity index (χ3n) is 2.95. The van der Waals surface area contributed by atoms with Crippen molar-refractivity contribution in [3.63, 3.8) is 0 Å². The molecule has 2 aromatic carbocycles. The second kappa shape index (κ2) is 6.98. The zero-order chi connectivity index (χ0) is 15.5. The molecule has 0 aliphatic carbocycles. The van der Waals surface area contributed by atoms with Crippen LogP contribution in [0.5, 0.6) is 0 Å². The van der Waals surface area contributed by atoms with Gasteiger partial charge >= 0.3 is 0 Å². The highest BCUT2D eigenvalue weighted by atomic mass is 127. The van der Waals surface area contributed by atoms with E-state index in [1.54, 1.807) is 30.3 Å². The highest BCUT2D eigenvalue weighted by molar-refractivity contribution is 14.1. The Labute approximate surface area is 143 Å². The fourth-order valence-electron chi connectivity index (χ4n) is 1.90. The summed E-state index contributed by atoms with van der Waals surface area (Å²) in [6, 6.07) is 12.1. The van der Waals surface area contributed by atoms with E-state index in [4.69, 9.17) is 11.6 Å². The molecule has 1 N–H and O–H groups in total. The van der Waals surface area contributed by atoms with E-state index in [1.165, 1.54) is 0 Å². The molecule has 0 saturated carbocycles. The molecule has 0 spiro atoms. The van der Waals surface area contributed by atoms with E-state index < -0.39 is 10.0 Å². The summed E-state index contributed by atoms with van der Waals surface area (Å²) in [6.45, 7) is 2.09. The van der Waals surface area contributed by atoms with Gasteiger partial charge in [0.2, 0.25) is 0 Å². The summed E-state index contributed by atoms with van der Waals surface area (Å²) in [5, 5.41) is 0.382. The molecule has 21 heavy (non-hydrogen) atoms. The Morgan fingerprint density at radius 2 is 1.81 bits per heavy atom. The lowest BCUT2D eigenvalue weighted by molar-refractivity contribution is 0.601. The molecule has 2 aromatic rings. The molecule has 2 rings (SSSR count). The second-order valence-corrected chi connectivity index (χ2v) is 7.96. The van der Waals surface area contributed by atoms with Gasteiger partial charge in [-0.15, -0.1) is 0 Å². The Bertz CT molecular complexity index is 730. The van der Waals surface area contributed by atoms with Crippen molar-refractivity contribution in [1.82, 2.24) is 0 Å². The summed E-state index contributed by atoms with van der Waals surface area (Å²) >= 11 is 8.18. The van der Waals surface area contributed by atoms with E-state index in [2.05, 4.69) is 34.2 Å². The maximum absolute atomic E-state index is 12.3. The van der Waals surface area contributed by atoms with Crippen LogP contribution in [0.1, 0.15) is 18.9 Å². The zero-order valence-electron chi connectivity index (χ0n) is 11.4. The van der Waals surface area contributed by atoms with Crippen LogP contribution in [0.2, 0.25) is 5.02 Å². The Morgan fingerprint density at radius 3 is 2.38 bits per heavy atom. The van der Waals surface area contributed by atoms with E-state index in [-0.39, 0.29) is 4.90 Å². The van der Waals surface area contributed by atoms with Crippen molar-refractivity contribution < 1.29 is 8.42 Å². The average molecular weight is 436 g/mol. The summed E-state index contributed by atoms with van der Waals surface area (Å²) < 4.78 is 28.1. The normalized spacial score (nSPS) is 11.4. The van der Waals surface area contributed by atoms with Crippen molar-refractivity contribution in [3.8, 4) is 0 Å². The number of nitrogens with one attached hydrogen (secondary N) is 1. The van der Waals surface area contributed by atoms with Crippen molar-refractivity contribution in [1.29, 1.82) is 0 Å². The molecule has 0 heterocycles. The molecule has 0 bridgehead atoms. The van der Waals surface area contributed by atoms with Crippen molar-refractivity contribution in [2.45, 2.75) is 24.7 Å². The molecule has 0 saturated heterocycles. The standard InChI is InChI=1S/C15H15ClINO2S/c1-2-3-11-4-7-13(8-5-11)21(19,20)18-15-9-6-12(17)10-14(15)16/h4-10,18H,2-3H2,1H3. The molecule has 0 unspecified atom stereocenters. The summed E-state index contributed by atoms with van der Waals surface area (Å²) in [5.41, 5.74) is 1.51. The quantitative estimate of drug-likeness (QED) is 0.692. The fourth-order valence-corrected chi connectivity index (χ4v) is 3.94. The van der Waals surface area contributed by atoms with Crippen molar-refractivity contribution in [2.75, 3.05) is 4.72 Å². The maximum atomic E-state index is 12.3. The number of hydrogen-bond donors (Lipinski definition) is 1. The number of sulfonamides is 1. The van der Waals surface area contributed by atoms with Crippen LogP contribution >= 0.6 is 34.2 Å². The van der Waals surface area contributed by atoms with E-state index >= 15 is 0 Å². The van der Waals surface area contributed by atoms with Crippen molar-refractivity contribution in [2.24, 2.45) is 0 Å². The first kappa shape index (κ1) is 16.6. The van der Waals surface area contributed by atoms with E-state index in [0.717, 1.165) is 22.0 Å². The van der Waals surface area contributed by atoms with E-state index in [1.807, 2.05) is 12.1 Å². The van der Waals surface area contributed by atoms with Gasteiger partial charge in [-0.2, -0.15) is 0 Å². The van der Waals surface area contributed by atoms with Gasteiger partial charge < -0.3 is 0 Å². The predicted octanol–water partition coefficient (Wildman–Crippen LogP) is 4.70. The molecule has 0 radical (unpaired) electrons. The molecule has 0 aliphatic heterocycles. The lowest BCUT2D eigenvalue weighted by atomic mass is 10.1. The Kier molecular flexibility index (Phi) is 5.51. The number of benzene rings is 2. The maximum Gasteiger partial charge on any atom is 0.261 e. The van der Waals surface area contributed by atoms with Gasteiger partial charge in [-0.3, -0.25) is 4.72 Å². The molecular formula is C15H15ClINO2S. The molecule has 0 aromatic heterocycles. The van der Waals surface area contributed by atoms with Crippen molar-refractivity contribution >= 4 is 49.9 Å². The monoisotopic (exact) mass is 435 g/mol. The smallest absolute Gasteiger partial charge is 0.261 e. The third kappa shape index (κ3) is 4.34. The van der Waals surface area contributed by atoms with Crippen LogP contribution in [0, 0.1) is 3.57 Å². The highest BCUT2D eigenvalue weighted by Gasteiger charge is 2.15. The summed E-state index contributed by atoms with van der Waals surface area (Å²) in [5.74, 6) is 0. The van der Waals surface area contributed by atoms with Gasteiger partial charge in [-0.25, -0.2) is 8.42 Å². The van der Waals surface area contributed by atoms with Crippen LogP contribution < -0.4 is 4.72 Å². The van der Waals surface area contributed by atoms with Gasteiger partial charge in [0.15, 0.2) is 0 Å². The fraction of sp³-hybridized carbons (Fsp3) is 0.200. The van der Waals surface area contributed by atoms with Crippen LogP contribution in [-0.2, 0) is 16.4 Å². The summed E-state index contributed by atoms with van der Waals surface area (Å²) in [4.78, 5) is 0.233. The summed E-state index contributed by atoms with van der Waals surface area (Å²) in [6.07, 6.45) is 1.97. The molecule has 0 atom stereocenters. The topological polar surface area (TPSA) is 46.2 Å². The van der Waals surface area contributed by atoms with Crippen LogP contribution in [-0.4, -0.2) is 8.42 Å². The second-order valence-electron chi connectivity index (χ2n) is 4.62. The van der Waals surface area contributed by atoms with Crippen LogP contribution in [0.3, 0.4) is 0 Å². The largest absolute Gasteiger partial charge is 0.278 e. The van der Waals surface area contributed by atoms with Crippen LogP contribution in [0.25, 0.3) is 0 Å². The lowest BCUT2D eigenvalue weighted by Gasteiger charge is -2.10. The number of halogens is 2. The van der Waals surface area contributed by atoms with Gasteiger partial charge in [-0.1, -0.05) is 37.1 Å². The van der Waals surface area contributed by atoms with Crippen LogP contribution in [0.15, 0.2) is 47.4 Å². The van der Waals surface area contributed by atoms with Crippen molar-refractivity contribution in [3.05, 3.63) is 56.6 Å². The number of hydrogen-bond acceptors (Lipinski definition) is 2. The van der Waals surface area contributed by atoms with E-state index in [0.29, 0.717) is 10.7 Å². The van der Waals surface area contributed by atoms with Gasteiger partial charge in [-0.05, 0) is 64.9 Å². The van der Waals surface area contributed by atoms with Gasteiger partial charge in [0.1, 0.15) is 0 Å². The minimum absolute atomic E-state index is 0.233. The highest BCUT2D eigenvalue weighted by Crippen LogP contribution is 2.26. The zero-order valence-corrected chi connectivity index (χ0v) is 15.2. The van der Waals surface area contributed by atoms with Crippen LogP contribution in [0.4, 0.5) is 5.69 Å². The summed E-state index contributed by atoms with van der Waals surface area (Å²) in [7, 11) is -3.62. The number of aryl methyl sites for hydroxylation is 1. The lowest BCUT2D eigenvalue weighted by Crippen LogP contribution is -2.13. The molecule has 0 aliphatic rings. The molecule has 0 fully saturated rings.